The van der Waals surface area contributed by atoms with Crippen LogP contribution >= 0.6 is 22.7 Å². The highest BCUT2D eigenvalue weighted by Crippen LogP contribution is 2.31. The van der Waals surface area contributed by atoms with Crippen LogP contribution in [-0.4, -0.2) is 35.1 Å². The molecule has 0 bridgehead atoms. The Morgan fingerprint density at radius 2 is 2.00 bits per heavy atom. The van der Waals surface area contributed by atoms with E-state index in [0.29, 0.717) is 6.54 Å². The number of anilines is 1. The topological polar surface area (TPSA) is 55.3 Å². The molecule has 31 heavy (non-hydrogen) atoms. The molecule has 0 N–H and O–H groups in total. The predicted octanol–water partition coefficient (Wildman–Crippen LogP) is 5.48. The van der Waals surface area contributed by atoms with Crippen molar-refractivity contribution >= 4 is 43.9 Å². The molecule has 1 aliphatic heterocycles. The molecule has 0 saturated carbocycles. The smallest absolute Gasteiger partial charge is 0.234 e. The maximum atomic E-state index is 13.4. The number of amides is 1. The highest BCUT2D eigenvalue weighted by molar-refractivity contribution is 7.22. The number of para-hydroxylation sites is 1. The second-order valence-corrected chi connectivity index (χ2v) is 9.66. The number of hydrogen-bond acceptors (Lipinski definition) is 6. The lowest BCUT2D eigenvalue weighted by Crippen LogP contribution is -2.38. The number of thiazole rings is 2. The van der Waals surface area contributed by atoms with Crippen LogP contribution in [0.15, 0.2) is 53.9 Å². The Hall–Kier alpha value is -2.61. The number of carbonyl (C=O) groups is 1. The monoisotopic (exact) mass is 449 g/mol. The van der Waals surface area contributed by atoms with Crippen LogP contribution in [0.2, 0.25) is 0 Å². The van der Waals surface area contributed by atoms with Crippen molar-refractivity contribution in [3.05, 3.63) is 65.2 Å². The van der Waals surface area contributed by atoms with E-state index in [0.717, 1.165) is 51.1 Å². The maximum absolute atomic E-state index is 13.4. The normalized spacial score (nSPS) is 16.1. The molecule has 2 aromatic carbocycles. The zero-order chi connectivity index (χ0) is 21.2. The van der Waals surface area contributed by atoms with Crippen LogP contribution in [0.1, 0.15) is 24.1 Å². The van der Waals surface area contributed by atoms with Gasteiger partial charge >= 0.3 is 0 Å². The molecule has 0 radical (unpaired) electrons. The largest absolute Gasteiger partial charge is 0.376 e. The van der Waals surface area contributed by atoms with Crippen LogP contribution < -0.4 is 4.90 Å². The average Bonchev–Trinajstić information content (AvgIpc) is 3.53. The summed E-state index contributed by atoms with van der Waals surface area (Å²) in [6.07, 6.45) is 2.33. The molecule has 5 rings (SSSR count). The average molecular weight is 450 g/mol. The Kier molecular flexibility index (Phi) is 5.80. The second kappa shape index (κ2) is 8.86. The van der Waals surface area contributed by atoms with Crippen LogP contribution in [-0.2, 0) is 16.0 Å². The van der Waals surface area contributed by atoms with Gasteiger partial charge in [0, 0.05) is 17.6 Å². The molecule has 4 aromatic rings. The minimum absolute atomic E-state index is 0.00955. The fraction of sp³-hybridized carbons (Fsp3) is 0.292. The van der Waals surface area contributed by atoms with Crippen molar-refractivity contribution in [2.75, 3.05) is 18.1 Å². The zero-order valence-electron chi connectivity index (χ0n) is 17.3. The summed E-state index contributed by atoms with van der Waals surface area (Å²) in [4.78, 5) is 24.6. The molecule has 1 saturated heterocycles. The summed E-state index contributed by atoms with van der Waals surface area (Å²) in [5.41, 5.74) is 4.01. The van der Waals surface area contributed by atoms with Gasteiger partial charge in [-0.25, -0.2) is 9.97 Å². The predicted molar refractivity (Wildman–Crippen MR) is 127 cm³/mol. The molecule has 0 spiro atoms. The number of benzene rings is 2. The fourth-order valence-electron chi connectivity index (χ4n) is 3.72. The Morgan fingerprint density at radius 3 is 2.77 bits per heavy atom. The van der Waals surface area contributed by atoms with Crippen LogP contribution in [0.5, 0.6) is 0 Å². The number of fused-ring (bicyclic) bond motifs is 1. The van der Waals surface area contributed by atoms with E-state index in [4.69, 9.17) is 14.7 Å². The van der Waals surface area contributed by atoms with Crippen molar-refractivity contribution < 1.29 is 9.53 Å². The lowest BCUT2D eigenvalue weighted by molar-refractivity contribution is -0.118. The molecule has 1 fully saturated rings. The first-order valence-corrected chi connectivity index (χ1v) is 12.1. The maximum Gasteiger partial charge on any atom is 0.234 e. The first kappa shape index (κ1) is 20.3. The summed E-state index contributed by atoms with van der Waals surface area (Å²) in [5.74, 6) is 0.00955. The number of rotatable bonds is 6. The second-order valence-electron chi connectivity index (χ2n) is 7.79. The van der Waals surface area contributed by atoms with Crippen LogP contribution in [0.3, 0.4) is 0 Å². The van der Waals surface area contributed by atoms with E-state index in [1.54, 1.807) is 27.6 Å². The minimum atomic E-state index is 0.00955. The van der Waals surface area contributed by atoms with Crippen molar-refractivity contribution in [1.29, 1.82) is 0 Å². The van der Waals surface area contributed by atoms with E-state index < -0.39 is 0 Å². The van der Waals surface area contributed by atoms with Gasteiger partial charge in [0.1, 0.15) is 5.01 Å². The number of ether oxygens (including phenoxy) is 1. The van der Waals surface area contributed by atoms with Gasteiger partial charge in [-0.1, -0.05) is 53.3 Å². The molecule has 2 aromatic heterocycles. The molecule has 158 valence electrons. The SMILES string of the molecule is Cc1ccc(-c2nc(CC(=O)N(C[C@@H]3CCCO3)c3nc4ccccc4s3)cs2)cc1. The number of nitrogens with zero attached hydrogens (tertiary/aromatic N) is 3. The molecule has 7 heteroatoms. The van der Waals surface area contributed by atoms with Gasteiger partial charge < -0.3 is 4.74 Å². The molecule has 1 atom stereocenters. The Morgan fingerprint density at radius 1 is 1.16 bits per heavy atom. The van der Waals surface area contributed by atoms with Crippen molar-refractivity contribution in [2.45, 2.75) is 32.3 Å². The van der Waals surface area contributed by atoms with E-state index in [2.05, 4.69) is 31.2 Å². The molecule has 1 aliphatic rings. The van der Waals surface area contributed by atoms with Crippen molar-refractivity contribution in [1.82, 2.24) is 9.97 Å². The Labute approximate surface area is 189 Å². The Bertz CT molecular complexity index is 1160. The highest BCUT2D eigenvalue weighted by Gasteiger charge is 2.26. The number of aromatic nitrogens is 2. The summed E-state index contributed by atoms with van der Waals surface area (Å²) >= 11 is 3.13. The van der Waals surface area contributed by atoms with E-state index in [1.807, 2.05) is 29.6 Å². The third-order valence-corrected chi connectivity index (χ3v) is 7.41. The standard InChI is InChI=1S/C24H23N3O2S2/c1-16-8-10-17(11-9-16)23-25-18(15-30-23)13-22(28)27(14-19-5-4-12-29-19)24-26-20-6-2-3-7-21(20)31-24/h2-3,6-11,15,19H,4-5,12-14H2,1H3/t19-/m0/s1. The van der Waals surface area contributed by atoms with Gasteiger partial charge in [-0.2, -0.15) is 0 Å². The van der Waals surface area contributed by atoms with E-state index in [-0.39, 0.29) is 18.4 Å². The molecule has 0 unspecified atom stereocenters. The zero-order valence-corrected chi connectivity index (χ0v) is 18.9. The van der Waals surface area contributed by atoms with Crippen LogP contribution in [0, 0.1) is 6.92 Å². The van der Waals surface area contributed by atoms with Crippen molar-refractivity contribution in [2.24, 2.45) is 0 Å². The summed E-state index contributed by atoms with van der Waals surface area (Å²) in [6.45, 7) is 3.37. The lowest BCUT2D eigenvalue weighted by atomic mass is 10.2. The van der Waals surface area contributed by atoms with Gasteiger partial charge in [-0.3, -0.25) is 9.69 Å². The molecular weight excluding hydrogens is 426 g/mol. The van der Waals surface area contributed by atoms with Crippen molar-refractivity contribution in [3.8, 4) is 10.6 Å². The third kappa shape index (κ3) is 4.54. The van der Waals surface area contributed by atoms with Crippen LogP contribution in [0.25, 0.3) is 20.8 Å². The van der Waals surface area contributed by atoms with Gasteiger partial charge in [0.2, 0.25) is 5.91 Å². The first-order valence-electron chi connectivity index (χ1n) is 10.4. The third-order valence-electron chi connectivity index (χ3n) is 5.41. The highest BCUT2D eigenvalue weighted by atomic mass is 32.1. The molecular formula is C24H23N3O2S2. The lowest BCUT2D eigenvalue weighted by Gasteiger charge is -2.22. The number of aryl methyl sites for hydroxylation is 1. The summed E-state index contributed by atoms with van der Waals surface area (Å²) in [6, 6.07) is 16.3. The number of carbonyl (C=O) groups excluding carboxylic acids is 1. The van der Waals surface area contributed by atoms with Gasteiger partial charge in [-0.15, -0.1) is 11.3 Å². The Balaban J connectivity index is 1.38. The molecule has 3 heterocycles. The van der Waals surface area contributed by atoms with Crippen molar-refractivity contribution in [3.63, 3.8) is 0 Å². The van der Waals surface area contributed by atoms with Gasteiger partial charge in [0.05, 0.1) is 35.0 Å². The minimum Gasteiger partial charge on any atom is -0.376 e. The van der Waals surface area contributed by atoms with E-state index in [9.17, 15) is 4.79 Å². The summed E-state index contributed by atoms with van der Waals surface area (Å²) < 4.78 is 6.90. The quantitative estimate of drug-likeness (QED) is 0.391. The summed E-state index contributed by atoms with van der Waals surface area (Å²) in [7, 11) is 0. The van der Waals surface area contributed by atoms with Gasteiger partial charge in [0.15, 0.2) is 5.13 Å². The first-order chi connectivity index (χ1) is 15.2. The van der Waals surface area contributed by atoms with Gasteiger partial charge in [0.25, 0.3) is 0 Å². The summed E-state index contributed by atoms with van der Waals surface area (Å²) in [5, 5.41) is 3.65. The van der Waals surface area contributed by atoms with E-state index >= 15 is 0 Å². The fourth-order valence-corrected chi connectivity index (χ4v) is 5.54. The molecule has 0 aliphatic carbocycles. The van der Waals surface area contributed by atoms with Crippen LogP contribution in [0.4, 0.5) is 5.13 Å². The number of hydrogen-bond donors (Lipinski definition) is 0. The molecule has 1 amide bonds. The van der Waals surface area contributed by atoms with Gasteiger partial charge in [-0.05, 0) is 31.9 Å². The van der Waals surface area contributed by atoms with E-state index in [1.165, 1.54) is 5.56 Å². The molecule has 5 nitrogen and oxygen atoms in total.